The van der Waals surface area contributed by atoms with Gasteiger partial charge in [0.2, 0.25) is 11.8 Å². The van der Waals surface area contributed by atoms with Crippen molar-refractivity contribution in [2.45, 2.75) is 19.5 Å². The predicted molar refractivity (Wildman–Crippen MR) is 98.1 cm³/mol. The molecule has 1 heterocycles. The summed E-state index contributed by atoms with van der Waals surface area (Å²) in [5.41, 5.74) is 0.0579. The first kappa shape index (κ1) is 19.7. The van der Waals surface area contributed by atoms with E-state index < -0.39 is 17.7 Å². The molecule has 1 N–H and O–H groups in total. The molecule has 0 aliphatic carbocycles. The highest BCUT2D eigenvalue weighted by molar-refractivity contribution is 6.03. The van der Waals surface area contributed by atoms with Crippen molar-refractivity contribution in [1.82, 2.24) is 0 Å². The Morgan fingerprint density at radius 1 is 1.18 bits per heavy atom. The minimum atomic E-state index is -4.44. The number of nitrogens with zero attached hydrogens (tertiary/aromatic N) is 1. The number of amides is 2. The first-order valence-electron chi connectivity index (χ1n) is 8.80. The quantitative estimate of drug-likeness (QED) is 0.834. The Labute approximate surface area is 160 Å². The van der Waals surface area contributed by atoms with E-state index in [2.05, 4.69) is 5.32 Å². The average Bonchev–Trinajstić information content (AvgIpc) is 3.05. The summed E-state index contributed by atoms with van der Waals surface area (Å²) in [6.45, 7) is 2.37. The van der Waals surface area contributed by atoms with Crippen LogP contribution in [-0.4, -0.2) is 25.0 Å². The number of hydrogen-bond acceptors (Lipinski definition) is 3. The molecule has 0 aromatic heterocycles. The highest BCUT2D eigenvalue weighted by atomic mass is 19.4. The smallest absolute Gasteiger partial charge is 0.416 e. The number of alkyl halides is 3. The lowest BCUT2D eigenvalue weighted by atomic mass is 10.1. The third kappa shape index (κ3) is 4.27. The van der Waals surface area contributed by atoms with Crippen LogP contribution in [0.2, 0.25) is 0 Å². The number of carbonyl (C=O) groups excluding carboxylic acids is 2. The van der Waals surface area contributed by atoms with Crippen LogP contribution in [0.15, 0.2) is 48.5 Å². The van der Waals surface area contributed by atoms with Crippen molar-refractivity contribution in [2.75, 3.05) is 23.4 Å². The van der Waals surface area contributed by atoms with Gasteiger partial charge in [-0.3, -0.25) is 9.59 Å². The Kier molecular flexibility index (Phi) is 5.58. The largest absolute Gasteiger partial charge is 0.492 e. The number of benzene rings is 2. The van der Waals surface area contributed by atoms with Crippen LogP contribution in [0.4, 0.5) is 24.5 Å². The minimum absolute atomic E-state index is 0.0103. The summed E-state index contributed by atoms with van der Waals surface area (Å²) in [6, 6.07) is 11.3. The SMILES string of the molecule is CCOc1ccccc1NC(=O)C1CC(=O)N(c2ccc(C(F)(F)F)cc2)C1. The Hall–Kier alpha value is -3.03. The van der Waals surface area contributed by atoms with Gasteiger partial charge in [-0.15, -0.1) is 0 Å². The van der Waals surface area contributed by atoms with E-state index >= 15 is 0 Å². The molecule has 28 heavy (non-hydrogen) atoms. The van der Waals surface area contributed by atoms with E-state index in [0.29, 0.717) is 23.7 Å². The zero-order valence-electron chi connectivity index (χ0n) is 15.1. The van der Waals surface area contributed by atoms with Gasteiger partial charge in [0.1, 0.15) is 5.75 Å². The molecule has 5 nitrogen and oxygen atoms in total. The second-order valence-corrected chi connectivity index (χ2v) is 6.37. The molecule has 1 aliphatic heterocycles. The number of hydrogen-bond donors (Lipinski definition) is 1. The molecule has 0 spiro atoms. The molecular weight excluding hydrogens is 373 g/mol. The fourth-order valence-corrected chi connectivity index (χ4v) is 3.05. The van der Waals surface area contributed by atoms with Crippen molar-refractivity contribution in [1.29, 1.82) is 0 Å². The van der Waals surface area contributed by atoms with E-state index in [-0.39, 0.29) is 24.8 Å². The summed E-state index contributed by atoms with van der Waals surface area (Å²) >= 11 is 0. The topological polar surface area (TPSA) is 58.6 Å². The normalized spacial score (nSPS) is 16.9. The first-order chi connectivity index (χ1) is 13.3. The average molecular weight is 392 g/mol. The number of ether oxygens (including phenoxy) is 1. The van der Waals surface area contributed by atoms with E-state index in [4.69, 9.17) is 4.74 Å². The summed E-state index contributed by atoms with van der Waals surface area (Å²) in [7, 11) is 0. The zero-order valence-corrected chi connectivity index (χ0v) is 15.1. The Morgan fingerprint density at radius 3 is 2.50 bits per heavy atom. The lowest BCUT2D eigenvalue weighted by Crippen LogP contribution is -2.28. The molecule has 148 valence electrons. The summed E-state index contributed by atoms with van der Waals surface area (Å²) in [6.07, 6.45) is -4.45. The van der Waals surface area contributed by atoms with Gasteiger partial charge in [-0.2, -0.15) is 13.2 Å². The fraction of sp³-hybridized carbons (Fsp3) is 0.300. The first-order valence-corrected chi connectivity index (χ1v) is 8.80. The molecule has 2 aromatic carbocycles. The van der Waals surface area contributed by atoms with Crippen LogP contribution >= 0.6 is 0 Å². The lowest BCUT2D eigenvalue weighted by molar-refractivity contribution is -0.137. The number of anilines is 2. The van der Waals surface area contributed by atoms with Gasteiger partial charge in [0, 0.05) is 18.7 Å². The Balaban J connectivity index is 1.70. The summed E-state index contributed by atoms with van der Waals surface area (Å²) in [5.74, 6) is -0.723. The van der Waals surface area contributed by atoms with E-state index in [0.717, 1.165) is 12.1 Å². The van der Waals surface area contributed by atoms with Crippen molar-refractivity contribution in [2.24, 2.45) is 5.92 Å². The van der Waals surface area contributed by atoms with Gasteiger partial charge >= 0.3 is 6.18 Å². The molecule has 0 saturated carbocycles. The van der Waals surface area contributed by atoms with Crippen LogP contribution in [0.5, 0.6) is 5.75 Å². The number of nitrogens with one attached hydrogen (secondary N) is 1. The highest BCUT2D eigenvalue weighted by Crippen LogP contribution is 2.32. The Morgan fingerprint density at radius 2 is 1.86 bits per heavy atom. The van der Waals surface area contributed by atoms with Gasteiger partial charge in [0.05, 0.1) is 23.8 Å². The molecule has 1 aliphatic rings. The molecule has 1 fully saturated rings. The van der Waals surface area contributed by atoms with E-state index in [1.807, 2.05) is 6.92 Å². The molecule has 1 atom stereocenters. The monoisotopic (exact) mass is 392 g/mol. The Bertz CT molecular complexity index is 866. The van der Waals surface area contributed by atoms with Crippen molar-refractivity contribution < 1.29 is 27.5 Å². The third-order valence-corrected chi connectivity index (χ3v) is 4.45. The van der Waals surface area contributed by atoms with Crippen molar-refractivity contribution in [3.05, 3.63) is 54.1 Å². The molecule has 0 bridgehead atoms. The maximum absolute atomic E-state index is 12.7. The maximum Gasteiger partial charge on any atom is 0.416 e. The van der Waals surface area contributed by atoms with Crippen molar-refractivity contribution in [3.8, 4) is 5.75 Å². The fourth-order valence-electron chi connectivity index (χ4n) is 3.05. The van der Waals surface area contributed by atoms with Gasteiger partial charge in [0.15, 0.2) is 0 Å². The van der Waals surface area contributed by atoms with E-state index in [1.165, 1.54) is 17.0 Å². The molecule has 3 rings (SSSR count). The zero-order chi connectivity index (χ0) is 20.3. The second-order valence-electron chi connectivity index (χ2n) is 6.37. The van der Waals surface area contributed by atoms with Crippen LogP contribution in [0.25, 0.3) is 0 Å². The second kappa shape index (κ2) is 7.92. The minimum Gasteiger partial charge on any atom is -0.492 e. The molecule has 1 unspecified atom stereocenters. The van der Waals surface area contributed by atoms with Gasteiger partial charge in [-0.1, -0.05) is 12.1 Å². The van der Waals surface area contributed by atoms with Gasteiger partial charge in [0.25, 0.3) is 0 Å². The van der Waals surface area contributed by atoms with Crippen molar-refractivity contribution in [3.63, 3.8) is 0 Å². The molecule has 0 radical (unpaired) electrons. The summed E-state index contributed by atoms with van der Waals surface area (Å²) in [5, 5.41) is 2.77. The molecule has 2 amide bonds. The standard InChI is InChI=1S/C20H19F3N2O3/c1-2-28-17-6-4-3-5-16(17)24-19(27)13-11-18(26)25(12-13)15-9-7-14(8-10-15)20(21,22)23/h3-10,13H,2,11-12H2,1H3,(H,24,27). The van der Waals surface area contributed by atoms with Crippen LogP contribution in [0.3, 0.4) is 0 Å². The molecule has 2 aromatic rings. The molecule has 1 saturated heterocycles. The molecule has 8 heteroatoms. The number of halogens is 3. The number of carbonyl (C=O) groups is 2. The highest BCUT2D eigenvalue weighted by Gasteiger charge is 2.36. The van der Waals surface area contributed by atoms with Gasteiger partial charge in [-0.25, -0.2) is 0 Å². The van der Waals surface area contributed by atoms with Crippen LogP contribution in [0.1, 0.15) is 18.9 Å². The lowest BCUT2D eigenvalue weighted by Gasteiger charge is -2.18. The number of para-hydroxylation sites is 2. The third-order valence-electron chi connectivity index (χ3n) is 4.45. The summed E-state index contributed by atoms with van der Waals surface area (Å²) < 4.78 is 43.5. The van der Waals surface area contributed by atoms with Crippen LogP contribution < -0.4 is 15.0 Å². The van der Waals surface area contributed by atoms with Crippen LogP contribution in [0, 0.1) is 5.92 Å². The van der Waals surface area contributed by atoms with Gasteiger partial charge < -0.3 is 15.0 Å². The van der Waals surface area contributed by atoms with Crippen molar-refractivity contribution >= 4 is 23.2 Å². The molecular formula is C20H19F3N2O3. The van der Waals surface area contributed by atoms with Crippen LogP contribution in [-0.2, 0) is 15.8 Å². The van der Waals surface area contributed by atoms with E-state index in [9.17, 15) is 22.8 Å². The van der Waals surface area contributed by atoms with E-state index in [1.54, 1.807) is 24.3 Å². The van der Waals surface area contributed by atoms with Gasteiger partial charge in [-0.05, 0) is 43.3 Å². The summed E-state index contributed by atoms with van der Waals surface area (Å²) in [4.78, 5) is 26.2. The number of rotatable bonds is 5. The predicted octanol–water partition coefficient (Wildman–Crippen LogP) is 4.10. The maximum atomic E-state index is 12.7.